The Labute approximate surface area is 125 Å². The maximum absolute atomic E-state index is 12.0. The number of imidazole rings is 1. The highest BCUT2D eigenvalue weighted by Gasteiger charge is 2.15. The topological polar surface area (TPSA) is 27.1 Å². The zero-order valence-electron chi connectivity index (χ0n) is 10.8. The molecule has 1 aromatic heterocycles. The lowest BCUT2D eigenvalue weighted by atomic mass is 10.3. The molecule has 0 fully saturated rings. The summed E-state index contributed by atoms with van der Waals surface area (Å²) in [5.41, 5.74) is 1.59. The number of alkyl halides is 3. The Balaban J connectivity index is 2.24. The van der Waals surface area contributed by atoms with Crippen LogP contribution >= 0.6 is 23.2 Å². The van der Waals surface area contributed by atoms with Gasteiger partial charge in [0.2, 0.25) is 0 Å². The molecule has 0 N–H and O–H groups in total. The molecule has 110 valence electrons. The number of ether oxygens (including phenoxy) is 1. The van der Waals surface area contributed by atoms with Gasteiger partial charge in [-0.15, -0.1) is 11.6 Å². The molecular formula is C13H14Cl2F2N2O. The molecule has 1 atom stereocenters. The largest absolute Gasteiger partial charge is 0.374 e. The molecule has 0 saturated heterocycles. The van der Waals surface area contributed by atoms with Gasteiger partial charge in [-0.05, 0) is 25.1 Å². The number of fused-ring (bicyclic) bond motifs is 1. The van der Waals surface area contributed by atoms with Crippen molar-refractivity contribution in [1.82, 2.24) is 9.55 Å². The van der Waals surface area contributed by atoms with E-state index in [4.69, 9.17) is 27.9 Å². The van der Waals surface area contributed by atoms with Gasteiger partial charge in [0.25, 0.3) is 6.43 Å². The van der Waals surface area contributed by atoms with Crippen LogP contribution in [0.3, 0.4) is 0 Å². The average molecular weight is 323 g/mol. The molecule has 0 aliphatic heterocycles. The number of hydrogen-bond acceptors (Lipinski definition) is 2. The average Bonchev–Trinajstić information content (AvgIpc) is 2.73. The zero-order valence-corrected chi connectivity index (χ0v) is 12.3. The van der Waals surface area contributed by atoms with Crippen molar-refractivity contribution in [3.8, 4) is 0 Å². The van der Waals surface area contributed by atoms with Crippen LogP contribution in [0, 0.1) is 0 Å². The van der Waals surface area contributed by atoms with Gasteiger partial charge < -0.3 is 9.30 Å². The maximum Gasteiger partial charge on any atom is 0.261 e. The first-order valence-electron chi connectivity index (χ1n) is 6.14. The second-order valence-electron chi connectivity index (χ2n) is 4.34. The zero-order chi connectivity index (χ0) is 14.7. The number of benzene rings is 1. The third-order valence-corrected chi connectivity index (χ3v) is 3.23. The van der Waals surface area contributed by atoms with E-state index < -0.39 is 13.0 Å². The Morgan fingerprint density at radius 1 is 1.40 bits per heavy atom. The third-order valence-electron chi connectivity index (χ3n) is 2.80. The van der Waals surface area contributed by atoms with Crippen LogP contribution in [-0.2, 0) is 11.3 Å². The van der Waals surface area contributed by atoms with E-state index >= 15 is 0 Å². The maximum atomic E-state index is 12.0. The van der Waals surface area contributed by atoms with Crippen LogP contribution in [0.25, 0.3) is 11.0 Å². The fourth-order valence-corrected chi connectivity index (χ4v) is 2.31. The van der Waals surface area contributed by atoms with E-state index in [1.165, 1.54) is 0 Å². The quantitative estimate of drug-likeness (QED) is 0.586. The summed E-state index contributed by atoms with van der Waals surface area (Å²) in [5, 5.41) is 0.289. The summed E-state index contributed by atoms with van der Waals surface area (Å²) in [6.07, 6.45) is -2.46. The fourth-order valence-electron chi connectivity index (χ4n) is 1.98. The first-order chi connectivity index (χ1) is 9.49. The minimum Gasteiger partial charge on any atom is -0.374 e. The summed E-state index contributed by atoms with van der Waals surface area (Å²) >= 11 is 12.1. The van der Waals surface area contributed by atoms with Crippen LogP contribution in [0.2, 0.25) is 5.02 Å². The molecule has 2 rings (SSSR count). The van der Waals surface area contributed by atoms with Crippen LogP contribution in [0.1, 0.15) is 18.1 Å². The van der Waals surface area contributed by atoms with Gasteiger partial charge in [-0.3, -0.25) is 0 Å². The van der Waals surface area contributed by atoms with Gasteiger partial charge >= 0.3 is 0 Å². The smallest absolute Gasteiger partial charge is 0.261 e. The van der Waals surface area contributed by atoms with E-state index in [9.17, 15) is 8.78 Å². The molecule has 1 unspecified atom stereocenters. The highest BCUT2D eigenvalue weighted by molar-refractivity contribution is 6.31. The van der Waals surface area contributed by atoms with Crippen molar-refractivity contribution in [3.63, 3.8) is 0 Å². The Morgan fingerprint density at radius 2 is 2.15 bits per heavy atom. The van der Waals surface area contributed by atoms with E-state index in [1.807, 2.05) is 4.57 Å². The summed E-state index contributed by atoms with van der Waals surface area (Å²) < 4.78 is 30.8. The summed E-state index contributed by atoms with van der Waals surface area (Å²) in [4.78, 5) is 4.44. The molecule has 0 bridgehead atoms. The molecule has 1 heterocycles. The van der Waals surface area contributed by atoms with Crippen molar-refractivity contribution in [3.05, 3.63) is 29.0 Å². The summed E-state index contributed by atoms with van der Waals surface area (Å²) in [5.74, 6) is 0.671. The van der Waals surface area contributed by atoms with E-state index in [-0.39, 0.29) is 12.0 Å². The third kappa shape index (κ3) is 3.59. The number of rotatable bonds is 6. The highest BCUT2D eigenvalue weighted by Crippen LogP contribution is 2.26. The molecule has 2 aromatic rings. The number of hydrogen-bond donors (Lipinski definition) is 0. The normalized spacial score (nSPS) is 13.3. The predicted octanol–water partition coefficient (Wildman–Crippen LogP) is 4.27. The SMILES string of the molecule is CC(Cl)c1nc2ccc(Cl)cc2n1CCOCC(F)F. The van der Waals surface area contributed by atoms with Gasteiger partial charge in [0, 0.05) is 11.6 Å². The predicted molar refractivity (Wildman–Crippen MR) is 75.8 cm³/mol. The van der Waals surface area contributed by atoms with E-state index in [0.29, 0.717) is 17.4 Å². The minimum atomic E-state index is -2.46. The van der Waals surface area contributed by atoms with E-state index in [2.05, 4.69) is 4.98 Å². The van der Waals surface area contributed by atoms with Gasteiger partial charge in [-0.25, -0.2) is 13.8 Å². The Bertz CT molecular complexity index is 587. The molecule has 0 amide bonds. The monoisotopic (exact) mass is 322 g/mol. The van der Waals surface area contributed by atoms with Crippen LogP contribution < -0.4 is 0 Å². The van der Waals surface area contributed by atoms with E-state index in [0.717, 1.165) is 11.0 Å². The lowest BCUT2D eigenvalue weighted by Crippen LogP contribution is -2.13. The van der Waals surface area contributed by atoms with Crippen molar-refractivity contribution in [2.75, 3.05) is 13.2 Å². The molecule has 0 aliphatic carbocycles. The van der Waals surface area contributed by atoms with Gasteiger partial charge in [0.15, 0.2) is 0 Å². The molecule has 0 radical (unpaired) electrons. The number of aromatic nitrogens is 2. The first-order valence-corrected chi connectivity index (χ1v) is 6.96. The van der Waals surface area contributed by atoms with Crippen LogP contribution in [-0.4, -0.2) is 29.2 Å². The molecule has 20 heavy (non-hydrogen) atoms. The second kappa shape index (κ2) is 6.70. The van der Waals surface area contributed by atoms with Crippen molar-refractivity contribution in [2.45, 2.75) is 25.3 Å². The van der Waals surface area contributed by atoms with Crippen molar-refractivity contribution >= 4 is 34.2 Å². The highest BCUT2D eigenvalue weighted by atomic mass is 35.5. The summed E-state index contributed by atoms with van der Waals surface area (Å²) in [6.45, 7) is 1.80. The molecular weight excluding hydrogens is 309 g/mol. The second-order valence-corrected chi connectivity index (χ2v) is 5.43. The Morgan fingerprint density at radius 3 is 2.80 bits per heavy atom. The van der Waals surface area contributed by atoms with Crippen molar-refractivity contribution in [2.24, 2.45) is 0 Å². The van der Waals surface area contributed by atoms with Crippen molar-refractivity contribution < 1.29 is 13.5 Å². The Kier molecular flexibility index (Phi) is 5.18. The van der Waals surface area contributed by atoms with Crippen LogP contribution in [0.15, 0.2) is 18.2 Å². The van der Waals surface area contributed by atoms with Gasteiger partial charge in [0.1, 0.15) is 12.4 Å². The molecule has 0 aliphatic rings. The van der Waals surface area contributed by atoms with Crippen molar-refractivity contribution in [1.29, 1.82) is 0 Å². The molecule has 7 heteroatoms. The standard InChI is InChI=1S/C13H14Cl2F2N2O/c1-8(14)13-18-10-3-2-9(15)6-11(10)19(13)4-5-20-7-12(16)17/h2-3,6,8,12H,4-5,7H2,1H3. The minimum absolute atomic E-state index is 0.166. The molecule has 0 spiro atoms. The van der Waals surface area contributed by atoms with Gasteiger partial charge in [0.05, 0.1) is 23.0 Å². The number of nitrogens with zero attached hydrogens (tertiary/aromatic N) is 2. The van der Waals surface area contributed by atoms with E-state index in [1.54, 1.807) is 25.1 Å². The van der Waals surface area contributed by atoms with Crippen LogP contribution in [0.5, 0.6) is 0 Å². The summed E-state index contributed by atoms with van der Waals surface area (Å²) in [6, 6.07) is 5.33. The number of halogens is 4. The molecule has 3 nitrogen and oxygen atoms in total. The lowest BCUT2D eigenvalue weighted by molar-refractivity contribution is 0.0148. The molecule has 1 aromatic carbocycles. The summed E-state index contributed by atoms with van der Waals surface area (Å²) in [7, 11) is 0. The lowest BCUT2D eigenvalue weighted by Gasteiger charge is -2.11. The van der Waals surface area contributed by atoms with Gasteiger partial charge in [-0.2, -0.15) is 0 Å². The molecule has 0 saturated carbocycles. The Hall–Kier alpha value is -0.910. The van der Waals surface area contributed by atoms with Gasteiger partial charge in [-0.1, -0.05) is 11.6 Å². The first kappa shape index (κ1) is 15.5. The van der Waals surface area contributed by atoms with Crippen LogP contribution in [0.4, 0.5) is 8.78 Å². The fraction of sp³-hybridized carbons (Fsp3) is 0.462.